The van der Waals surface area contributed by atoms with Crippen molar-refractivity contribution in [3.8, 4) is 0 Å². The minimum absolute atomic E-state index is 0.187. The largest absolute Gasteiger partial charge is 0.337 e. The number of H-pyrrole nitrogens is 1. The molecule has 2 aromatic rings. The van der Waals surface area contributed by atoms with Crippen molar-refractivity contribution in [2.45, 2.75) is 18.9 Å². The SMILES string of the molecule is Fc1ccc(F)c([C@@H]2Cc3c[nH]c(=S)n3C2)c1F. The highest BCUT2D eigenvalue weighted by Gasteiger charge is 2.29. The summed E-state index contributed by atoms with van der Waals surface area (Å²) in [5.41, 5.74) is 0.696. The van der Waals surface area contributed by atoms with E-state index in [1.54, 1.807) is 10.8 Å². The van der Waals surface area contributed by atoms with E-state index in [9.17, 15) is 13.2 Å². The smallest absolute Gasteiger partial charge is 0.177 e. The number of nitrogens with one attached hydrogen (secondary N) is 1. The van der Waals surface area contributed by atoms with E-state index in [2.05, 4.69) is 4.98 Å². The van der Waals surface area contributed by atoms with Crippen molar-refractivity contribution in [1.29, 1.82) is 0 Å². The first-order valence-electron chi connectivity index (χ1n) is 5.48. The van der Waals surface area contributed by atoms with Crippen molar-refractivity contribution in [3.05, 3.63) is 51.8 Å². The van der Waals surface area contributed by atoms with Gasteiger partial charge in [0, 0.05) is 29.9 Å². The zero-order valence-electron chi connectivity index (χ0n) is 9.21. The number of hydrogen-bond acceptors (Lipinski definition) is 1. The van der Waals surface area contributed by atoms with Crippen LogP contribution in [0.1, 0.15) is 17.2 Å². The van der Waals surface area contributed by atoms with E-state index >= 15 is 0 Å². The maximum absolute atomic E-state index is 13.7. The number of rotatable bonds is 1. The highest BCUT2D eigenvalue weighted by Crippen LogP contribution is 2.33. The number of benzene rings is 1. The number of halogens is 3. The summed E-state index contributed by atoms with van der Waals surface area (Å²) in [6.07, 6.45) is 2.17. The minimum Gasteiger partial charge on any atom is -0.337 e. The lowest BCUT2D eigenvalue weighted by Crippen LogP contribution is -2.08. The van der Waals surface area contributed by atoms with Gasteiger partial charge < -0.3 is 9.55 Å². The van der Waals surface area contributed by atoms with Gasteiger partial charge in [-0.15, -0.1) is 0 Å². The lowest BCUT2D eigenvalue weighted by atomic mass is 9.96. The summed E-state index contributed by atoms with van der Waals surface area (Å²) >= 11 is 5.05. The Morgan fingerprint density at radius 2 is 1.94 bits per heavy atom. The predicted molar refractivity (Wildman–Crippen MR) is 62.4 cm³/mol. The molecule has 18 heavy (non-hydrogen) atoms. The summed E-state index contributed by atoms with van der Waals surface area (Å²) in [6, 6.07) is 1.76. The number of nitrogens with zero attached hydrogens (tertiary/aromatic N) is 1. The maximum atomic E-state index is 13.7. The second-order valence-electron chi connectivity index (χ2n) is 4.35. The summed E-state index contributed by atoms with van der Waals surface area (Å²) in [7, 11) is 0. The molecule has 94 valence electrons. The quantitative estimate of drug-likeness (QED) is 0.623. The molecule has 1 atom stereocenters. The van der Waals surface area contributed by atoms with Gasteiger partial charge in [0.25, 0.3) is 0 Å². The van der Waals surface area contributed by atoms with Crippen molar-refractivity contribution >= 4 is 12.2 Å². The van der Waals surface area contributed by atoms with E-state index in [-0.39, 0.29) is 5.56 Å². The summed E-state index contributed by atoms with van der Waals surface area (Å²) < 4.78 is 42.8. The Hall–Kier alpha value is -1.56. The van der Waals surface area contributed by atoms with Crippen LogP contribution in [0.15, 0.2) is 18.3 Å². The van der Waals surface area contributed by atoms with E-state index in [1.165, 1.54) is 0 Å². The zero-order chi connectivity index (χ0) is 12.9. The first kappa shape index (κ1) is 11.5. The van der Waals surface area contributed by atoms with Gasteiger partial charge in [-0.25, -0.2) is 13.2 Å². The van der Waals surface area contributed by atoms with Crippen LogP contribution in [0.25, 0.3) is 0 Å². The average Bonchev–Trinajstić information content (AvgIpc) is 2.88. The van der Waals surface area contributed by atoms with Crippen LogP contribution < -0.4 is 0 Å². The third kappa shape index (κ3) is 1.59. The van der Waals surface area contributed by atoms with Gasteiger partial charge in [0.15, 0.2) is 16.4 Å². The molecule has 1 aliphatic heterocycles. The first-order valence-corrected chi connectivity index (χ1v) is 5.89. The van der Waals surface area contributed by atoms with Gasteiger partial charge in [-0.05, 0) is 30.8 Å². The normalized spacial score (nSPS) is 18.1. The minimum atomic E-state index is -1.10. The van der Waals surface area contributed by atoms with Gasteiger partial charge in [-0.3, -0.25) is 0 Å². The second kappa shape index (κ2) is 3.98. The average molecular weight is 270 g/mol. The maximum Gasteiger partial charge on any atom is 0.177 e. The van der Waals surface area contributed by atoms with Crippen molar-refractivity contribution < 1.29 is 13.2 Å². The van der Waals surface area contributed by atoms with Gasteiger partial charge in [-0.2, -0.15) is 0 Å². The van der Waals surface area contributed by atoms with Gasteiger partial charge in [0.05, 0.1) is 0 Å². The first-order chi connectivity index (χ1) is 8.58. The van der Waals surface area contributed by atoms with Crippen molar-refractivity contribution in [2.24, 2.45) is 0 Å². The van der Waals surface area contributed by atoms with Gasteiger partial charge >= 0.3 is 0 Å². The fourth-order valence-corrected chi connectivity index (χ4v) is 2.70. The molecule has 1 aromatic carbocycles. The summed E-state index contributed by atoms with van der Waals surface area (Å²) in [5, 5.41) is 0. The standard InChI is InChI=1S/C12H9F3N2S/c13-8-1-2-9(14)11(15)10(8)6-3-7-4-16-12(18)17(7)5-6/h1-2,4,6H,3,5H2,(H,16,18)/t6-/m1/s1. The number of aromatic nitrogens is 2. The third-order valence-electron chi connectivity index (χ3n) is 3.30. The highest BCUT2D eigenvalue weighted by atomic mass is 32.1. The van der Waals surface area contributed by atoms with E-state index in [1.807, 2.05) is 0 Å². The van der Waals surface area contributed by atoms with Crippen LogP contribution in [0.3, 0.4) is 0 Å². The Morgan fingerprint density at radius 3 is 2.67 bits per heavy atom. The van der Waals surface area contributed by atoms with Crippen LogP contribution in [-0.4, -0.2) is 9.55 Å². The lowest BCUT2D eigenvalue weighted by molar-refractivity contribution is 0.459. The lowest BCUT2D eigenvalue weighted by Gasteiger charge is -2.12. The van der Waals surface area contributed by atoms with E-state index in [4.69, 9.17) is 12.2 Å². The molecule has 2 nitrogen and oxygen atoms in total. The van der Waals surface area contributed by atoms with Crippen molar-refractivity contribution in [1.82, 2.24) is 9.55 Å². The topological polar surface area (TPSA) is 20.7 Å². The number of imidazole rings is 1. The van der Waals surface area contributed by atoms with Gasteiger partial charge in [-0.1, -0.05) is 0 Å². The Labute approximate surface area is 106 Å². The third-order valence-corrected chi connectivity index (χ3v) is 3.64. The van der Waals surface area contributed by atoms with Gasteiger partial charge in [0.2, 0.25) is 0 Å². The molecular weight excluding hydrogens is 261 g/mol. The number of fused-ring (bicyclic) bond motifs is 1. The molecule has 0 radical (unpaired) electrons. The molecule has 1 N–H and O–H groups in total. The van der Waals surface area contributed by atoms with Crippen LogP contribution in [0, 0.1) is 22.2 Å². The molecule has 0 aliphatic carbocycles. The van der Waals surface area contributed by atoms with E-state index in [0.717, 1.165) is 17.8 Å². The second-order valence-corrected chi connectivity index (χ2v) is 4.74. The van der Waals surface area contributed by atoms with Crippen LogP contribution in [0.5, 0.6) is 0 Å². The van der Waals surface area contributed by atoms with Crippen LogP contribution in [-0.2, 0) is 13.0 Å². The van der Waals surface area contributed by atoms with Crippen molar-refractivity contribution in [2.75, 3.05) is 0 Å². The number of aromatic amines is 1. The van der Waals surface area contributed by atoms with Gasteiger partial charge in [0.1, 0.15) is 5.82 Å². The molecule has 0 saturated heterocycles. The van der Waals surface area contributed by atoms with Crippen LogP contribution >= 0.6 is 12.2 Å². The molecule has 0 spiro atoms. The molecule has 3 rings (SSSR count). The molecule has 0 bridgehead atoms. The number of hydrogen-bond donors (Lipinski definition) is 1. The van der Waals surface area contributed by atoms with Crippen LogP contribution in [0.4, 0.5) is 13.2 Å². The summed E-state index contributed by atoms with van der Waals surface area (Å²) in [4.78, 5) is 2.87. The molecule has 0 unspecified atom stereocenters. The van der Waals surface area contributed by atoms with Crippen LogP contribution in [0.2, 0.25) is 0 Å². The fraction of sp³-hybridized carbons (Fsp3) is 0.250. The molecule has 1 aromatic heterocycles. The summed E-state index contributed by atoms with van der Waals surface area (Å²) in [6.45, 7) is 0.370. The Bertz CT molecular complexity index is 674. The summed E-state index contributed by atoms with van der Waals surface area (Å²) in [5.74, 6) is -3.24. The molecule has 0 fully saturated rings. The Kier molecular flexibility index (Phi) is 2.55. The molecule has 1 aliphatic rings. The molecule has 0 amide bonds. The monoisotopic (exact) mass is 270 g/mol. The molecule has 6 heteroatoms. The van der Waals surface area contributed by atoms with E-state index < -0.39 is 23.4 Å². The highest BCUT2D eigenvalue weighted by molar-refractivity contribution is 7.71. The predicted octanol–water partition coefficient (Wildman–Crippen LogP) is 3.30. The Morgan fingerprint density at radius 1 is 1.22 bits per heavy atom. The van der Waals surface area contributed by atoms with E-state index in [0.29, 0.717) is 17.7 Å². The molecular formula is C12H9F3N2S. The molecule has 2 heterocycles. The Balaban J connectivity index is 2.05. The molecule has 0 saturated carbocycles. The fourth-order valence-electron chi connectivity index (χ4n) is 2.45. The van der Waals surface area contributed by atoms with Crippen molar-refractivity contribution in [3.63, 3.8) is 0 Å². The zero-order valence-corrected chi connectivity index (χ0v) is 10.0.